The Hall–Kier alpha value is -2.15. The molecular formula is C17H16O. The van der Waals surface area contributed by atoms with Crippen LogP contribution in [0.4, 0.5) is 0 Å². The van der Waals surface area contributed by atoms with Crippen molar-refractivity contribution >= 4 is 11.9 Å². The number of rotatable bonds is 5. The Kier molecular flexibility index (Phi) is 4.08. The van der Waals surface area contributed by atoms with E-state index < -0.39 is 0 Å². The van der Waals surface area contributed by atoms with Crippen molar-refractivity contribution in [3.05, 3.63) is 77.9 Å². The van der Waals surface area contributed by atoms with E-state index in [0.717, 1.165) is 35.8 Å². The lowest BCUT2D eigenvalue weighted by atomic mass is 9.97. The van der Waals surface area contributed by atoms with Crippen LogP contribution < -0.4 is 0 Å². The number of benzene rings is 2. The zero-order chi connectivity index (χ0) is 12.8. The second-order valence-electron chi connectivity index (χ2n) is 4.29. The smallest absolute Gasteiger partial charge is 0.150 e. The van der Waals surface area contributed by atoms with E-state index in [1.54, 1.807) is 0 Å². The molecule has 0 aliphatic carbocycles. The van der Waals surface area contributed by atoms with Gasteiger partial charge in [0, 0.05) is 5.56 Å². The fourth-order valence-corrected chi connectivity index (χ4v) is 1.98. The molecule has 0 N–H and O–H groups in total. The molecular weight excluding hydrogens is 220 g/mol. The van der Waals surface area contributed by atoms with Crippen molar-refractivity contribution in [2.45, 2.75) is 12.8 Å². The summed E-state index contributed by atoms with van der Waals surface area (Å²) in [6.07, 6.45) is 2.64. The Morgan fingerprint density at radius 3 is 2.39 bits per heavy atom. The van der Waals surface area contributed by atoms with Crippen molar-refractivity contribution in [2.24, 2.45) is 0 Å². The van der Waals surface area contributed by atoms with Gasteiger partial charge in [-0.25, -0.2) is 0 Å². The van der Waals surface area contributed by atoms with E-state index in [4.69, 9.17) is 0 Å². The van der Waals surface area contributed by atoms with Crippen molar-refractivity contribution in [1.82, 2.24) is 0 Å². The molecule has 0 fully saturated rings. The van der Waals surface area contributed by atoms with Gasteiger partial charge in [0.15, 0.2) is 0 Å². The lowest BCUT2D eigenvalue weighted by Gasteiger charge is -2.07. The van der Waals surface area contributed by atoms with Crippen molar-refractivity contribution < 1.29 is 4.79 Å². The van der Waals surface area contributed by atoms with Gasteiger partial charge in [-0.3, -0.25) is 4.79 Å². The number of carbonyl (C=O) groups excluding carboxylic acids is 1. The molecule has 1 heteroatoms. The van der Waals surface area contributed by atoms with Gasteiger partial charge < -0.3 is 0 Å². The molecule has 0 amide bonds. The molecule has 2 rings (SSSR count). The van der Waals surface area contributed by atoms with Crippen molar-refractivity contribution in [1.29, 1.82) is 0 Å². The summed E-state index contributed by atoms with van der Waals surface area (Å²) in [5, 5.41) is 0. The highest BCUT2D eigenvalue weighted by Gasteiger charge is 2.03. The molecule has 0 aromatic heterocycles. The maximum Gasteiger partial charge on any atom is 0.150 e. The van der Waals surface area contributed by atoms with Gasteiger partial charge in [-0.2, -0.15) is 0 Å². The van der Waals surface area contributed by atoms with Crippen LogP contribution in [-0.2, 0) is 6.42 Å². The number of hydrogen-bond acceptors (Lipinski definition) is 1. The fourth-order valence-electron chi connectivity index (χ4n) is 1.98. The number of aldehydes is 1. The predicted molar refractivity (Wildman–Crippen MR) is 75.6 cm³/mol. The second kappa shape index (κ2) is 5.97. The summed E-state index contributed by atoms with van der Waals surface area (Å²) < 4.78 is 0. The highest BCUT2D eigenvalue weighted by atomic mass is 16.1. The van der Waals surface area contributed by atoms with Gasteiger partial charge in [-0.05, 0) is 29.5 Å². The first-order valence-electron chi connectivity index (χ1n) is 6.07. The molecule has 2 aromatic carbocycles. The molecule has 0 spiro atoms. The van der Waals surface area contributed by atoms with E-state index in [0.29, 0.717) is 0 Å². The van der Waals surface area contributed by atoms with Crippen molar-refractivity contribution in [3.8, 4) is 0 Å². The van der Waals surface area contributed by atoms with E-state index in [1.165, 1.54) is 5.56 Å². The third kappa shape index (κ3) is 2.95. The minimum absolute atomic E-state index is 0.776. The normalized spacial score (nSPS) is 10.0. The Bertz CT molecular complexity index is 541. The Balaban J connectivity index is 2.04. The van der Waals surface area contributed by atoms with Crippen LogP contribution in [0.3, 0.4) is 0 Å². The van der Waals surface area contributed by atoms with Crippen LogP contribution in [0.2, 0.25) is 0 Å². The first-order valence-corrected chi connectivity index (χ1v) is 6.07. The average Bonchev–Trinajstić information content (AvgIpc) is 2.46. The Morgan fingerprint density at radius 2 is 1.67 bits per heavy atom. The summed E-state index contributed by atoms with van der Waals surface area (Å²) >= 11 is 0. The summed E-state index contributed by atoms with van der Waals surface area (Å²) in [5.74, 6) is 0. The highest BCUT2D eigenvalue weighted by molar-refractivity contribution is 5.77. The molecule has 0 unspecified atom stereocenters. The zero-order valence-electron chi connectivity index (χ0n) is 10.3. The minimum Gasteiger partial charge on any atom is -0.298 e. The molecule has 0 heterocycles. The lowest BCUT2D eigenvalue weighted by Crippen LogP contribution is -1.93. The summed E-state index contributed by atoms with van der Waals surface area (Å²) in [7, 11) is 0. The van der Waals surface area contributed by atoms with Crippen molar-refractivity contribution in [3.63, 3.8) is 0 Å². The van der Waals surface area contributed by atoms with E-state index in [2.05, 4.69) is 18.7 Å². The molecule has 0 saturated heterocycles. The number of carbonyl (C=O) groups is 1. The first-order chi connectivity index (χ1) is 8.81. The quantitative estimate of drug-likeness (QED) is 0.713. The lowest BCUT2D eigenvalue weighted by molar-refractivity contribution is 0.112. The van der Waals surface area contributed by atoms with E-state index in [9.17, 15) is 4.79 Å². The molecule has 90 valence electrons. The summed E-state index contributed by atoms with van der Waals surface area (Å²) in [4.78, 5) is 10.9. The standard InChI is InChI=1S/C17H16O/c1-14(15-7-3-2-4-8-15)11-12-16-9-5-6-10-17(16)13-18/h2-10,13H,1,11-12H2. The zero-order valence-corrected chi connectivity index (χ0v) is 10.3. The van der Waals surface area contributed by atoms with Crippen LogP contribution in [-0.4, -0.2) is 6.29 Å². The Labute approximate surface area is 108 Å². The van der Waals surface area contributed by atoms with Crippen LogP contribution in [0.25, 0.3) is 5.57 Å². The maximum absolute atomic E-state index is 10.9. The molecule has 0 atom stereocenters. The van der Waals surface area contributed by atoms with Crippen LogP contribution in [0, 0.1) is 0 Å². The van der Waals surface area contributed by atoms with Crippen LogP contribution in [0.15, 0.2) is 61.2 Å². The molecule has 2 aromatic rings. The third-order valence-electron chi connectivity index (χ3n) is 3.06. The minimum atomic E-state index is 0.776. The average molecular weight is 236 g/mol. The number of hydrogen-bond donors (Lipinski definition) is 0. The van der Waals surface area contributed by atoms with Gasteiger partial charge in [0.1, 0.15) is 6.29 Å². The van der Waals surface area contributed by atoms with E-state index >= 15 is 0 Å². The monoisotopic (exact) mass is 236 g/mol. The molecule has 0 saturated carbocycles. The van der Waals surface area contributed by atoms with Gasteiger partial charge in [0.05, 0.1) is 0 Å². The first kappa shape index (κ1) is 12.3. The number of allylic oxidation sites excluding steroid dienone is 1. The Morgan fingerprint density at radius 1 is 1.00 bits per heavy atom. The second-order valence-corrected chi connectivity index (χ2v) is 4.29. The van der Waals surface area contributed by atoms with Crippen LogP contribution in [0.1, 0.15) is 27.9 Å². The summed E-state index contributed by atoms with van der Waals surface area (Å²) in [6, 6.07) is 17.9. The van der Waals surface area contributed by atoms with Gasteiger partial charge in [0.25, 0.3) is 0 Å². The van der Waals surface area contributed by atoms with Gasteiger partial charge >= 0.3 is 0 Å². The molecule has 0 aliphatic rings. The van der Waals surface area contributed by atoms with E-state index in [-0.39, 0.29) is 0 Å². The van der Waals surface area contributed by atoms with Crippen LogP contribution in [0.5, 0.6) is 0 Å². The molecule has 0 bridgehead atoms. The third-order valence-corrected chi connectivity index (χ3v) is 3.06. The molecule has 0 radical (unpaired) electrons. The molecule has 1 nitrogen and oxygen atoms in total. The highest BCUT2D eigenvalue weighted by Crippen LogP contribution is 2.19. The SMILES string of the molecule is C=C(CCc1ccccc1C=O)c1ccccc1. The number of aryl methyl sites for hydroxylation is 1. The molecule has 18 heavy (non-hydrogen) atoms. The maximum atomic E-state index is 10.9. The summed E-state index contributed by atoms with van der Waals surface area (Å²) in [6.45, 7) is 4.11. The largest absolute Gasteiger partial charge is 0.298 e. The fraction of sp³-hybridized carbons (Fsp3) is 0.118. The van der Waals surface area contributed by atoms with Crippen molar-refractivity contribution in [2.75, 3.05) is 0 Å². The molecule has 0 aliphatic heterocycles. The van der Waals surface area contributed by atoms with Gasteiger partial charge in [-0.15, -0.1) is 0 Å². The predicted octanol–water partition coefficient (Wildman–Crippen LogP) is 4.15. The topological polar surface area (TPSA) is 17.1 Å². The summed E-state index contributed by atoms with van der Waals surface area (Å²) in [5.41, 5.74) is 4.14. The van der Waals surface area contributed by atoms with E-state index in [1.807, 2.05) is 42.5 Å². The van der Waals surface area contributed by atoms with Crippen LogP contribution >= 0.6 is 0 Å². The van der Waals surface area contributed by atoms with Gasteiger partial charge in [0.2, 0.25) is 0 Å². The van der Waals surface area contributed by atoms with Gasteiger partial charge in [-0.1, -0.05) is 61.2 Å².